The summed E-state index contributed by atoms with van der Waals surface area (Å²) in [6, 6.07) is 18.8. The zero-order chi connectivity index (χ0) is 25.2. The fourth-order valence-electron chi connectivity index (χ4n) is 4.50. The maximum atomic E-state index is 13.6. The molecule has 5 rings (SSSR count). The molecule has 36 heavy (non-hydrogen) atoms. The number of fused-ring (bicyclic) bond motifs is 2. The van der Waals surface area contributed by atoms with Crippen molar-refractivity contribution in [2.75, 3.05) is 38.7 Å². The zero-order valence-electron chi connectivity index (χ0n) is 19.6. The number of ether oxygens (including phenoxy) is 2. The van der Waals surface area contributed by atoms with Gasteiger partial charge in [0.15, 0.2) is 6.61 Å². The average Bonchev–Trinajstić information content (AvgIpc) is 3.01. The fraction of sp³-hybridized carbons (Fsp3) is 0.222. The number of hydrogen-bond acceptors (Lipinski definition) is 5. The largest absolute Gasteiger partial charge is 0.496 e. The van der Waals surface area contributed by atoms with Crippen LogP contribution in [0, 0.1) is 0 Å². The number of carbonyl (C=O) groups excluding carboxylic acids is 3. The molecule has 0 radical (unpaired) electrons. The summed E-state index contributed by atoms with van der Waals surface area (Å²) in [7, 11) is 1.57. The molecule has 1 atom stereocenters. The lowest BCUT2D eigenvalue weighted by Gasteiger charge is -2.39. The molecule has 0 aromatic heterocycles. The number of nitrogens with one attached hydrogen (secondary N) is 1. The van der Waals surface area contributed by atoms with Crippen LogP contribution in [0.1, 0.15) is 10.4 Å². The highest BCUT2D eigenvalue weighted by Gasteiger charge is 2.40. The number of amides is 3. The average molecular weight is 506 g/mol. The quantitative estimate of drug-likeness (QED) is 0.571. The third-order valence-corrected chi connectivity index (χ3v) is 6.62. The van der Waals surface area contributed by atoms with Gasteiger partial charge in [0, 0.05) is 23.7 Å². The van der Waals surface area contributed by atoms with Crippen molar-refractivity contribution in [2.24, 2.45) is 0 Å². The van der Waals surface area contributed by atoms with E-state index < -0.39 is 6.04 Å². The van der Waals surface area contributed by atoms with Crippen molar-refractivity contribution >= 4 is 35.0 Å². The molecule has 1 saturated heterocycles. The molecule has 9 heteroatoms. The summed E-state index contributed by atoms with van der Waals surface area (Å²) in [4.78, 5) is 42.5. The van der Waals surface area contributed by atoms with Gasteiger partial charge in [0.05, 0.1) is 24.9 Å². The number of para-hydroxylation sites is 1. The van der Waals surface area contributed by atoms with Gasteiger partial charge < -0.3 is 24.6 Å². The molecule has 0 unspecified atom stereocenters. The molecule has 3 aromatic rings. The topological polar surface area (TPSA) is 88.2 Å². The monoisotopic (exact) mass is 505 g/mol. The second-order valence-corrected chi connectivity index (χ2v) is 8.99. The van der Waals surface area contributed by atoms with E-state index in [9.17, 15) is 14.4 Å². The van der Waals surface area contributed by atoms with Gasteiger partial charge in [-0.15, -0.1) is 0 Å². The molecular formula is C27H24ClN3O5. The number of methoxy groups -OCH3 is 1. The van der Waals surface area contributed by atoms with E-state index in [2.05, 4.69) is 5.32 Å². The standard InChI is InChI=1S/C27H24ClN3O5/c1-35-24-10-8-18(28)14-20(24)17-7-9-22-21(13-17)27(34)31-12-11-30(15-23(31)26(33)29-22)25(32)16-36-19-5-3-2-4-6-19/h2-10,13-14,23H,11-12,15-16H2,1H3,(H,29,33)/t23-/m1/s1. The van der Waals surface area contributed by atoms with E-state index in [0.29, 0.717) is 34.3 Å². The molecule has 0 saturated carbocycles. The molecule has 2 aliphatic rings. The number of hydrogen-bond donors (Lipinski definition) is 1. The minimum Gasteiger partial charge on any atom is -0.496 e. The van der Waals surface area contributed by atoms with Crippen molar-refractivity contribution in [2.45, 2.75) is 6.04 Å². The van der Waals surface area contributed by atoms with Gasteiger partial charge in [-0.05, 0) is 48.0 Å². The first-order valence-corrected chi connectivity index (χ1v) is 11.9. The predicted molar refractivity (Wildman–Crippen MR) is 135 cm³/mol. The van der Waals surface area contributed by atoms with Crippen LogP contribution in [-0.4, -0.2) is 66.9 Å². The third kappa shape index (κ3) is 4.59. The molecule has 0 bridgehead atoms. The van der Waals surface area contributed by atoms with Gasteiger partial charge in [0.1, 0.15) is 17.5 Å². The highest BCUT2D eigenvalue weighted by Crippen LogP contribution is 2.36. The number of anilines is 1. The second kappa shape index (κ2) is 9.91. The van der Waals surface area contributed by atoms with Crippen molar-refractivity contribution in [3.63, 3.8) is 0 Å². The Balaban J connectivity index is 1.36. The van der Waals surface area contributed by atoms with Gasteiger partial charge >= 0.3 is 0 Å². The van der Waals surface area contributed by atoms with Gasteiger partial charge in [-0.1, -0.05) is 35.9 Å². The summed E-state index contributed by atoms with van der Waals surface area (Å²) in [6.45, 7) is 0.497. The van der Waals surface area contributed by atoms with Crippen LogP contribution in [-0.2, 0) is 9.59 Å². The lowest BCUT2D eigenvalue weighted by molar-refractivity contribution is -0.137. The maximum Gasteiger partial charge on any atom is 0.260 e. The lowest BCUT2D eigenvalue weighted by Crippen LogP contribution is -2.60. The first-order chi connectivity index (χ1) is 17.4. The predicted octanol–water partition coefficient (Wildman–Crippen LogP) is 3.70. The molecule has 1 N–H and O–H groups in total. The van der Waals surface area contributed by atoms with E-state index in [1.165, 1.54) is 4.90 Å². The summed E-state index contributed by atoms with van der Waals surface area (Å²) in [5.74, 6) is 0.359. The summed E-state index contributed by atoms with van der Waals surface area (Å²) in [5, 5.41) is 3.40. The van der Waals surface area contributed by atoms with Crippen LogP contribution < -0.4 is 14.8 Å². The van der Waals surface area contributed by atoms with Crippen LogP contribution in [0.5, 0.6) is 11.5 Å². The SMILES string of the molecule is COc1ccc(Cl)cc1-c1ccc2c(c1)C(=O)N1CCN(C(=O)COc3ccccc3)C[C@@H]1C(=O)N2. The summed E-state index contributed by atoms with van der Waals surface area (Å²) in [6.07, 6.45) is 0. The van der Waals surface area contributed by atoms with Gasteiger partial charge in [-0.2, -0.15) is 0 Å². The Kier molecular flexibility index (Phi) is 6.52. The van der Waals surface area contributed by atoms with Crippen molar-refractivity contribution < 1.29 is 23.9 Å². The number of rotatable bonds is 5. The molecule has 8 nitrogen and oxygen atoms in total. The minimum absolute atomic E-state index is 0.0948. The summed E-state index contributed by atoms with van der Waals surface area (Å²) < 4.78 is 11.0. The van der Waals surface area contributed by atoms with E-state index in [1.54, 1.807) is 54.5 Å². The number of halogens is 1. The van der Waals surface area contributed by atoms with E-state index in [1.807, 2.05) is 24.3 Å². The number of carbonyl (C=O) groups is 3. The van der Waals surface area contributed by atoms with Crippen LogP contribution in [0.2, 0.25) is 5.02 Å². The third-order valence-electron chi connectivity index (χ3n) is 6.38. The second-order valence-electron chi connectivity index (χ2n) is 8.55. The lowest BCUT2D eigenvalue weighted by atomic mass is 10.00. The Morgan fingerprint density at radius 2 is 1.83 bits per heavy atom. The van der Waals surface area contributed by atoms with Gasteiger partial charge in [0.2, 0.25) is 5.91 Å². The molecule has 0 spiro atoms. The molecule has 2 aliphatic heterocycles. The van der Waals surface area contributed by atoms with Crippen molar-refractivity contribution in [1.29, 1.82) is 0 Å². The van der Waals surface area contributed by atoms with Gasteiger partial charge in [-0.25, -0.2) is 0 Å². The number of nitrogens with zero attached hydrogens (tertiary/aromatic N) is 2. The van der Waals surface area contributed by atoms with Gasteiger partial charge in [0.25, 0.3) is 11.8 Å². The highest BCUT2D eigenvalue weighted by atomic mass is 35.5. The number of benzene rings is 3. The van der Waals surface area contributed by atoms with Crippen molar-refractivity contribution in [3.8, 4) is 22.6 Å². The normalized spacial score (nSPS) is 17.0. The maximum absolute atomic E-state index is 13.6. The molecule has 1 fully saturated rings. The highest BCUT2D eigenvalue weighted by molar-refractivity contribution is 6.31. The van der Waals surface area contributed by atoms with Crippen LogP contribution >= 0.6 is 11.6 Å². The molecule has 3 amide bonds. The minimum atomic E-state index is -0.802. The van der Waals surface area contributed by atoms with Crippen LogP contribution in [0.25, 0.3) is 11.1 Å². The van der Waals surface area contributed by atoms with E-state index in [0.717, 1.165) is 11.1 Å². The fourth-order valence-corrected chi connectivity index (χ4v) is 4.68. The Morgan fingerprint density at radius 1 is 1.03 bits per heavy atom. The van der Waals surface area contributed by atoms with Gasteiger partial charge in [-0.3, -0.25) is 14.4 Å². The van der Waals surface area contributed by atoms with E-state index in [4.69, 9.17) is 21.1 Å². The molecular weight excluding hydrogens is 482 g/mol. The Bertz CT molecular complexity index is 1330. The van der Waals surface area contributed by atoms with Crippen molar-refractivity contribution in [3.05, 3.63) is 77.3 Å². The Hall–Kier alpha value is -4.04. The Morgan fingerprint density at radius 3 is 2.61 bits per heavy atom. The molecule has 184 valence electrons. The van der Waals surface area contributed by atoms with E-state index >= 15 is 0 Å². The first kappa shape index (κ1) is 23.7. The van der Waals surface area contributed by atoms with Crippen LogP contribution in [0.15, 0.2) is 66.7 Å². The number of piperazine rings is 1. The summed E-state index contributed by atoms with van der Waals surface area (Å²) in [5.41, 5.74) is 2.27. The molecule has 0 aliphatic carbocycles. The first-order valence-electron chi connectivity index (χ1n) is 11.5. The van der Waals surface area contributed by atoms with Crippen LogP contribution in [0.3, 0.4) is 0 Å². The van der Waals surface area contributed by atoms with Crippen LogP contribution in [0.4, 0.5) is 5.69 Å². The van der Waals surface area contributed by atoms with E-state index in [-0.39, 0.29) is 37.4 Å². The summed E-state index contributed by atoms with van der Waals surface area (Å²) >= 11 is 6.20. The zero-order valence-corrected chi connectivity index (χ0v) is 20.3. The Labute approximate surface area is 213 Å². The molecule has 3 aromatic carbocycles. The smallest absolute Gasteiger partial charge is 0.260 e. The van der Waals surface area contributed by atoms with Crippen molar-refractivity contribution in [1.82, 2.24) is 9.80 Å². The molecule has 2 heterocycles.